The van der Waals surface area contributed by atoms with Crippen molar-refractivity contribution in [1.29, 1.82) is 0 Å². The molecule has 0 aromatic heterocycles. The molecule has 1 fully saturated rings. The minimum atomic E-state index is -0.438. The van der Waals surface area contributed by atoms with Crippen LogP contribution < -0.4 is 4.74 Å². The zero-order valence-corrected chi connectivity index (χ0v) is 17.3. The summed E-state index contributed by atoms with van der Waals surface area (Å²) in [6, 6.07) is 4.59. The summed E-state index contributed by atoms with van der Waals surface area (Å²) in [6.45, 7) is 6.72. The van der Waals surface area contributed by atoms with Gasteiger partial charge in [-0.15, -0.1) is 0 Å². The highest BCUT2D eigenvalue weighted by Gasteiger charge is 2.43. The van der Waals surface area contributed by atoms with Gasteiger partial charge in [-0.2, -0.15) is 0 Å². The third-order valence-corrected chi connectivity index (χ3v) is 6.25. The van der Waals surface area contributed by atoms with Crippen LogP contribution in [-0.4, -0.2) is 36.4 Å². The van der Waals surface area contributed by atoms with Gasteiger partial charge >= 0.3 is 0 Å². The Labute approximate surface area is 159 Å². The second-order valence-electron chi connectivity index (χ2n) is 6.76. The molecule has 1 aromatic rings. The van der Waals surface area contributed by atoms with Crippen LogP contribution in [0.2, 0.25) is 0 Å². The molecule has 0 spiro atoms. The summed E-state index contributed by atoms with van der Waals surface area (Å²) in [4.78, 5) is 15.6. The van der Waals surface area contributed by atoms with Crippen LogP contribution in [0.3, 0.4) is 0 Å². The Morgan fingerprint density at radius 3 is 2.86 bits per heavy atom. The average molecular weight is 525 g/mol. The molecule has 0 saturated carbocycles. The normalized spacial score (nSPS) is 29.1. The highest BCUT2D eigenvalue weighted by atomic mass is 127. The number of carbonyl (C=O) groups excluding carboxylic acids is 1. The molecule has 22 heavy (non-hydrogen) atoms. The van der Waals surface area contributed by atoms with Gasteiger partial charge < -0.3 is 4.74 Å². The molecule has 0 amide bonds. The highest BCUT2D eigenvalue weighted by molar-refractivity contribution is 14.1. The molecule has 2 aliphatic rings. The van der Waals surface area contributed by atoms with Crippen molar-refractivity contribution in [1.82, 2.24) is 4.90 Å². The molecule has 2 heterocycles. The van der Waals surface area contributed by atoms with Crippen molar-refractivity contribution in [2.24, 2.45) is 5.41 Å². The zero-order valence-electron chi connectivity index (χ0n) is 13.0. The summed E-state index contributed by atoms with van der Waals surface area (Å²) < 4.78 is 8.13. The molecule has 5 heteroatoms. The van der Waals surface area contributed by atoms with Crippen LogP contribution in [-0.2, 0) is 0 Å². The van der Waals surface area contributed by atoms with E-state index in [1.54, 1.807) is 0 Å². The number of ether oxygens (including phenoxy) is 1. The third-order valence-electron chi connectivity index (χ3n) is 4.83. The molecule has 3 nitrogen and oxygen atoms in total. The van der Waals surface area contributed by atoms with E-state index in [4.69, 9.17) is 4.74 Å². The van der Waals surface area contributed by atoms with E-state index >= 15 is 0 Å². The van der Waals surface area contributed by atoms with Crippen LogP contribution in [0.1, 0.15) is 43.5 Å². The number of likely N-dealkylation sites (tertiary alicyclic amines) is 1. The summed E-state index contributed by atoms with van der Waals surface area (Å²) in [5, 5.41) is 0. The van der Waals surface area contributed by atoms with Crippen LogP contribution in [0.15, 0.2) is 12.1 Å². The minimum Gasteiger partial charge on any atom is -0.491 e. The fraction of sp³-hybridized carbons (Fsp3) is 0.588. The Hall–Kier alpha value is 0.110. The number of fused-ring (bicyclic) bond motifs is 1. The van der Waals surface area contributed by atoms with E-state index in [9.17, 15) is 4.79 Å². The predicted octanol–water partition coefficient (Wildman–Crippen LogP) is 4.35. The SMILES string of the molecule is C[C@H]1CCCCN1C[C@]1(C)COc2c(I)cc(I)cc2C1=O. The van der Waals surface area contributed by atoms with Gasteiger partial charge in [0.25, 0.3) is 0 Å². The first kappa shape index (κ1) is 17.0. The molecule has 120 valence electrons. The summed E-state index contributed by atoms with van der Waals surface area (Å²) in [6.07, 6.45) is 3.78. The fourth-order valence-corrected chi connectivity index (χ4v) is 5.46. The summed E-state index contributed by atoms with van der Waals surface area (Å²) in [5.41, 5.74) is 0.321. The monoisotopic (exact) mass is 525 g/mol. The van der Waals surface area contributed by atoms with E-state index in [1.807, 2.05) is 6.07 Å². The van der Waals surface area contributed by atoms with Gasteiger partial charge in [0.05, 0.1) is 14.5 Å². The lowest BCUT2D eigenvalue weighted by atomic mass is 9.79. The van der Waals surface area contributed by atoms with Gasteiger partial charge in [0.15, 0.2) is 5.78 Å². The number of ketones is 1. The van der Waals surface area contributed by atoms with Gasteiger partial charge in [-0.25, -0.2) is 0 Å². The van der Waals surface area contributed by atoms with E-state index < -0.39 is 5.41 Å². The van der Waals surface area contributed by atoms with Crippen molar-refractivity contribution < 1.29 is 9.53 Å². The maximum atomic E-state index is 13.1. The molecular weight excluding hydrogens is 504 g/mol. The largest absolute Gasteiger partial charge is 0.491 e. The van der Waals surface area contributed by atoms with Crippen molar-refractivity contribution in [3.05, 3.63) is 24.8 Å². The number of nitrogens with zero attached hydrogens (tertiary/aromatic N) is 1. The first-order valence-corrected chi connectivity index (χ1v) is 9.97. The van der Waals surface area contributed by atoms with Crippen LogP contribution >= 0.6 is 45.2 Å². The van der Waals surface area contributed by atoms with E-state index in [0.29, 0.717) is 12.6 Å². The summed E-state index contributed by atoms with van der Waals surface area (Å²) >= 11 is 4.53. The van der Waals surface area contributed by atoms with E-state index in [2.05, 4.69) is 70.0 Å². The van der Waals surface area contributed by atoms with Gasteiger partial charge in [-0.1, -0.05) is 6.42 Å². The Balaban J connectivity index is 1.87. The van der Waals surface area contributed by atoms with Crippen molar-refractivity contribution in [2.75, 3.05) is 19.7 Å². The second kappa shape index (κ2) is 6.55. The van der Waals surface area contributed by atoms with Crippen molar-refractivity contribution in [3.63, 3.8) is 0 Å². The number of benzene rings is 1. The zero-order chi connectivity index (χ0) is 15.9. The topological polar surface area (TPSA) is 29.5 Å². The van der Waals surface area contributed by atoms with Crippen LogP contribution in [0.4, 0.5) is 0 Å². The average Bonchev–Trinajstić information content (AvgIpc) is 2.46. The highest BCUT2D eigenvalue weighted by Crippen LogP contribution is 2.39. The molecule has 0 bridgehead atoms. The number of carbonyl (C=O) groups is 1. The molecule has 0 aliphatic carbocycles. The van der Waals surface area contributed by atoms with Gasteiger partial charge in [0, 0.05) is 16.2 Å². The second-order valence-corrected chi connectivity index (χ2v) is 9.17. The molecule has 0 radical (unpaired) electrons. The Bertz CT molecular complexity index is 605. The molecule has 3 rings (SSSR count). The summed E-state index contributed by atoms with van der Waals surface area (Å²) in [7, 11) is 0. The molecule has 0 unspecified atom stereocenters. The molecule has 1 saturated heterocycles. The quantitative estimate of drug-likeness (QED) is 0.539. The lowest BCUT2D eigenvalue weighted by Crippen LogP contribution is -2.51. The fourth-order valence-electron chi connectivity index (χ4n) is 3.46. The van der Waals surface area contributed by atoms with Gasteiger partial charge in [0.1, 0.15) is 12.4 Å². The third kappa shape index (κ3) is 3.17. The van der Waals surface area contributed by atoms with E-state index in [1.165, 1.54) is 19.3 Å². The summed E-state index contributed by atoms with van der Waals surface area (Å²) in [5.74, 6) is 1.01. The Kier molecular flexibility index (Phi) is 5.04. The lowest BCUT2D eigenvalue weighted by Gasteiger charge is -2.41. The van der Waals surface area contributed by atoms with Crippen LogP contribution in [0, 0.1) is 12.6 Å². The number of Topliss-reactive ketones (excluding diaryl/α,β-unsaturated/α-hetero) is 1. The number of halogens is 2. The van der Waals surface area contributed by atoms with E-state index in [0.717, 1.165) is 31.5 Å². The Morgan fingerprint density at radius 2 is 2.14 bits per heavy atom. The number of hydrogen-bond acceptors (Lipinski definition) is 3. The predicted molar refractivity (Wildman–Crippen MR) is 105 cm³/mol. The maximum Gasteiger partial charge on any atom is 0.177 e. The van der Waals surface area contributed by atoms with E-state index in [-0.39, 0.29) is 5.78 Å². The molecule has 2 atom stereocenters. The lowest BCUT2D eigenvalue weighted by molar-refractivity contribution is 0.0401. The van der Waals surface area contributed by atoms with Gasteiger partial charge in [-0.05, 0) is 90.5 Å². The first-order valence-electron chi connectivity index (χ1n) is 7.81. The Morgan fingerprint density at radius 1 is 1.36 bits per heavy atom. The first-order chi connectivity index (χ1) is 10.4. The standard InChI is InChI=1S/C17H21I2NO2/c1-11-5-3-4-6-20(11)9-17(2)10-22-15-13(16(17)21)7-12(18)8-14(15)19/h7-8,11H,3-6,9-10H2,1-2H3/t11-,17+/m0/s1. The number of rotatable bonds is 2. The minimum absolute atomic E-state index is 0.239. The molecule has 1 aromatic carbocycles. The van der Waals surface area contributed by atoms with Crippen LogP contribution in [0.5, 0.6) is 5.75 Å². The van der Waals surface area contributed by atoms with Crippen LogP contribution in [0.25, 0.3) is 0 Å². The van der Waals surface area contributed by atoms with Crippen molar-refractivity contribution in [2.45, 2.75) is 39.2 Å². The smallest absolute Gasteiger partial charge is 0.177 e. The molecule has 0 N–H and O–H groups in total. The van der Waals surface area contributed by atoms with Gasteiger partial charge in [-0.3, -0.25) is 9.69 Å². The van der Waals surface area contributed by atoms with Gasteiger partial charge in [0.2, 0.25) is 0 Å². The molecule has 2 aliphatic heterocycles. The number of hydrogen-bond donors (Lipinski definition) is 0. The van der Waals surface area contributed by atoms with Crippen molar-refractivity contribution in [3.8, 4) is 5.75 Å². The number of piperidine rings is 1. The van der Waals surface area contributed by atoms with Crippen molar-refractivity contribution >= 4 is 51.0 Å². The maximum absolute atomic E-state index is 13.1. The molecular formula is C17H21I2NO2.